The summed E-state index contributed by atoms with van der Waals surface area (Å²) in [5.41, 5.74) is -2.99. The molecule has 33 heavy (non-hydrogen) atoms. The molecule has 0 fully saturated rings. The van der Waals surface area contributed by atoms with Crippen LogP contribution in [-0.2, 0) is 26.4 Å². The second-order valence-corrected chi connectivity index (χ2v) is 11.3. The number of carboxylic acid groups (broad SMARTS) is 1. The predicted octanol–water partition coefficient (Wildman–Crippen LogP) is 5.17. The molecule has 2 aromatic heterocycles. The van der Waals surface area contributed by atoms with Crippen molar-refractivity contribution in [1.29, 1.82) is 0 Å². The van der Waals surface area contributed by atoms with Crippen LogP contribution in [-0.4, -0.2) is 30.2 Å². The molecule has 0 aliphatic rings. The number of hydrogen-bond donors (Lipinski definition) is 2. The molecule has 0 saturated heterocycles. The summed E-state index contributed by atoms with van der Waals surface area (Å²) in [5.74, 6) is -2.76. The van der Waals surface area contributed by atoms with E-state index in [9.17, 15) is 31.5 Å². The summed E-state index contributed by atoms with van der Waals surface area (Å²) < 4.78 is 70.7. The molecule has 7 nitrogen and oxygen atoms in total. The Labute approximate surface area is 196 Å². The van der Waals surface area contributed by atoms with Crippen molar-refractivity contribution in [2.45, 2.75) is 42.1 Å². The first-order valence-electron chi connectivity index (χ1n) is 9.25. The van der Waals surface area contributed by atoms with Gasteiger partial charge in [0.2, 0.25) is 5.76 Å². The number of nitrogens with one attached hydrogen (secondary N) is 1. The molecule has 0 bridgehead atoms. The Morgan fingerprint density at radius 2 is 1.82 bits per heavy atom. The molecule has 0 amide bonds. The molecule has 178 valence electrons. The smallest absolute Gasteiger partial charge is 0.452 e. The number of aromatic nitrogens is 1. The van der Waals surface area contributed by atoms with Gasteiger partial charge in [0.15, 0.2) is 0 Å². The number of halogens is 4. The number of nitrogens with zero attached hydrogens (tertiary/aromatic N) is 1. The van der Waals surface area contributed by atoms with Crippen LogP contribution in [0.15, 0.2) is 51.2 Å². The molecule has 2 N–H and O–H groups in total. The van der Waals surface area contributed by atoms with Crippen LogP contribution in [0, 0.1) is 0 Å². The molecule has 1 aromatic carbocycles. The van der Waals surface area contributed by atoms with Crippen molar-refractivity contribution in [3.8, 4) is 10.6 Å². The zero-order valence-electron chi connectivity index (χ0n) is 17.4. The van der Waals surface area contributed by atoms with Crippen molar-refractivity contribution in [3.63, 3.8) is 0 Å². The average Bonchev–Trinajstić information content (AvgIpc) is 3.37. The SMILES string of the molecule is CC(C)(c1cccc(Cl)c1)[C@](C)(NS(=O)(=O)c1ccc(-c2cc(C(F)(F)F)on2)s1)C(=O)O. The van der Waals surface area contributed by atoms with Crippen molar-refractivity contribution < 1.29 is 36.0 Å². The number of thiophene rings is 1. The number of sulfonamides is 1. The highest BCUT2D eigenvalue weighted by Gasteiger charge is 2.51. The van der Waals surface area contributed by atoms with Crippen molar-refractivity contribution in [3.05, 3.63) is 58.8 Å². The minimum absolute atomic E-state index is 0.0979. The first kappa shape index (κ1) is 25.2. The van der Waals surface area contributed by atoms with Gasteiger partial charge in [0.1, 0.15) is 15.4 Å². The molecule has 0 aliphatic heterocycles. The lowest BCUT2D eigenvalue weighted by Crippen LogP contribution is -2.62. The molecular formula is C20H18ClF3N2O5S2. The molecule has 13 heteroatoms. The fraction of sp³-hybridized carbons (Fsp3) is 0.300. The summed E-state index contributed by atoms with van der Waals surface area (Å²) in [7, 11) is -4.40. The fourth-order valence-electron chi connectivity index (χ4n) is 3.05. The molecule has 0 radical (unpaired) electrons. The monoisotopic (exact) mass is 522 g/mol. The van der Waals surface area contributed by atoms with E-state index in [1.165, 1.54) is 13.0 Å². The lowest BCUT2D eigenvalue weighted by Gasteiger charge is -2.41. The van der Waals surface area contributed by atoms with Gasteiger partial charge in [-0.1, -0.05) is 42.7 Å². The van der Waals surface area contributed by atoms with Crippen molar-refractivity contribution in [2.24, 2.45) is 0 Å². The Morgan fingerprint density at radius 3 is 2.36 bits per heavy atom. The third kappa shape index (κ3) is 4.79. The maximum atomic E-state index is 13.1. The van der Waals surface area contributed by atoms with Gasteiger partial charge < -0.3 is 9.63 Å². The standard InChI is InChI=1S/C20H18ClF3N2O5S2/c1-18(2,11-5-4-6-12(21)9-11)19(3,17(27)28)26-33(29,30)16-8-7-14(32-16)13-10-15(31-25-13)20(22,23)24/h4-10,26H,1-3H3,(H,27,28)/t19-/m1/s1. The van der Waals surface area contributed by atoms with Crippen molar-refractivity contribution in [2.75, 3.05) is 0 Å². The molecule has 3 rings (SSSR count). The highest BCUT2D eigenvalue weighted by atomic mass is 35.5. The lowest BCUT2D eigenvalue weighted by atomic mass is 9.69. The summed E-state index contributed by atoms with van der Waals surface area (Å²) >= 11 is 6.66. The maximum Gasteiger partial charge on any atom is 0.452 e. The van der Waals surface area contributed by atoms with Crippen molar-refractivity contribution >= 4 is 38.9 Å². The van der Waals surface area contributed by atoms with Gasteiger partial charge in [0.05, 0.1) is 4.88 Å². The van der Waals surface area contributed by atoms with E-state index in [0.29, 0.717) is 28.0 Å². The van der Waals surface area contributed by atoms with Gasteiger partial charge in [-0.2, -0.15) is 17.9 Å². The highest BCUT2D eigenvalue weighted by molar-refractivity contribution is 7.91. The van der Waals surface area contributed by atoms with E-state index in [4.69, 9.17) is 11.6 Å². The van der Waals surface area contributed by atoms with Gasteiger partial charge in [-0.15, -0.1) is 11.3 Å². The summed E-state index contributed by atoms with van der Waals surface area (Å²) in [6, 6.07) is 9.46. The molecule has 0 aliphatic carbocycles. The van der Waals surface area contributed by atoms with Gasteiger partial charge in [-0.05, 0) is 36.8 Å². The normalized spacial score (nSPS) is 14.8. The average molecular weight is 523 g/mol. The van der Waals surface area contributed by atoms with Gasteiger partial charge in [0.25, 0.3) is 10.0 Å². The first-order chi connectivity index (χ1) is 15.1. The van der Waals surface area contributed by atoms with E-state index in [1.54, 1.807) is 38.1 Å². The van der Waals surface area contributed by atoms with Crippen molar-refractivity contribution in [1.82, 2.24) is 9.88 Å². The number of hydrogen-bond acceptors (Lipinski definition) is 6. The summed E-state index contributed by atoms with van der Waals surface area (Å²) in [6.45, 7) is 4.35. The highest BCUT2D eigenvalue weighted by Crippen LogP contribution is 2.39. The molecule has 3 aromatic rings. The van der Waals surface area contributed by atoms with Gasteiger partial charge in [-0.3, -0.25) is 4.79 Å². The van der Waals surface area contributed by atoms with Gasteiger partial charge in [-0.25, -0.2) is 8.42 Å². The molecule has 0 saturated carbocycles. The summed E-state index contributed by atoms with van der Waals surface area (Å²) in [5, 5.41) is 13.7. The zero-order chi connectivity index (χ0) is 24.8. The van der Waals surface area contributed by atoms with E-state index in [1.807, 2.05) is 0 Å². The summed E-state index contributed by atoms with van der Waals surface area (Å²) in [6.07, 6.45) is -4.74. The molecule has 2 heterocycles. The first-order valence-corrected chi connectivity index (χ1v) is 11.9. The third-order valence-electron chi connectivity index (χ3n) is 5.45. The zero-order valence-corrected chi connectivity index (χ0v) is 19.8. The van der Waals surface area contributed by atoms with E-state index in [2.05, 4.69) is 14.4 Å². The largest absolute Gasteiger partial charge is 0.480 e. The van der Waals surface area contributed by atoms with Gasteiger partial charge >= 0.3 is 12.1 Å². The quantitative estimate of drug-likeness (QED) is 0.443. The van der Waals surface area contributed by atoms with E-state index in [0.717, 1.165) is 6.07 Å². The number of rotatable bonds is 7. The van der Waals surface area contributed by atoms with Crippen LogP contribution in [0.3, 0.4) is 0 Å². The predicted molar refractivity (Wildman–Crippen MR) is 116 cm³/mol. The van der Waals surface area contributed by atoms with Crippen LogP contribution >= 0.6 is 22.9 Å². The number of carbonyl (C=O) groups is 1. The van der Waals surface area contributed by atoms with Crippen LogP contribution in [0.25, 0.3) is 10.6 Å². The Hall–Kier alpha value is -2.41. The fourth-order valence-corrected chi connectivity index (χ4v) is 5.99. The number of alkyl halides is 3. The summed E-state index contributed by atoms with van der Waals surface area (Å²) in [4.78, 5) is 12.4. The topological polar surface area (TPSA) is 110 Å². The Morgan fingerprint density at radius 1 is 1.15 bits per heavy atom. The third-order valence-corrected chi connectivity index (χ3v) is 8.84. The van der Waals surface area contributed by atoms with E-state index >= 15 is 0 Å². The second kappa shape index (κ2) is 8.42. The Kier molecular flexibility index (Phi) is 6.44. The lowest BCUT2D eigenvalue weighted by molar-refractivity contribution is -0.155. The van der Waals surface area contributed by atoms with Crippen LogP contribution in [0.2, 0.25) is 5.02 Å². The van der Waals surface area contributed by atoms with Crippen LogP contribution in [0.4, 0.5) is 13.2 Å². The number of carboxylic acids is 1. The van der Waals surface area contributed by atoms with Gasteiger partial charge in [0, 0.05) is 16.5 Å². The maximum absolute atomic E-state index is 13.1. The second-order valence-electron chi connectivity index (χ2n) is 7.86. The van der Waals surface area contributed by atoms with Crippen LogP contribution in [0.1, 0.15) is 32.1 Å². The molecule has 0 unspecified atom stereocenters. The minimum Gasteiger partial charge on any atom is -0.480 e. The molecule has 0 spiro atoms. The number of aliphatic carboxylic acids is 1. The van der Waals surface area contributed by atoms with E-state index < -0.39 is 38.9 Å². The van der Waals surface area contributed by atoms with E-state index in [-0.39, 0.29) is 14.8 Å². The Balaban J connectivity index is 1.97. The van der Waals surface area contributed by atoms with Crippen LogP contribution < -0.4 is 4.72 Å². The minimum atomic E-state index is -4.74. The molecular weight excluding hydrogens is 505 g/mol. The Bertz CT molecular complexity index is 1300. The number of benzene rings is 1. The van der Waals surface area contributed by atoms with Crippen LogP contribution in [0.5, 0.6) is 0 Å². The molecule has 1 atom stereocenters.